The van der Waals surface area contributed by atoms with Gasteiger partial charge in [-0.05, 0) is 6.20 Å². The Kier molecular flexibility index (Phi) is 6.15. The Morgan fingerprint density at radius 2 is 1.50 bits per heavy atom. The Hall–Kier alpha value is -0.990. The van der Waals surface area contributed by atoms with Crippen LogP contribution >= 0.6 is 0 Å². The standard InChI is InChI=1S/C7H12N2O.C2H6/c1-2-8-3-5-9(7-10)6-4-8;1-2/h2,7H,1,3-6H2;1-2H3. The van der Waals surface area contributed by atoms with E-state index >= 15 is 0 Å². The normalized spacial score (nSPS) is 16.2. The Bertz CT molecular complexity index is 112. The van der Waals surface area contributed by atoms with Crippen molar-refractivity contribution >= 4 is 6.41 Å². The molecular weight excluding hydrogens is 152 g/mol. The summed E-state index contributed by atoms with van der Waals surface area (Å²) in [7, 11) is 0. The lowest BCUT2D eigenvalue weighted by Gasteiger charge is -2.31. The summed E-state index contributed by atoms with van der Waals surface area (Å²) in [6, 6.07) is 0. The average molecular weight is 170 g/mol. The minimum atomic E-state index is 0.829. The van der Waals surface area contributed by atoms with Crippen LogP contribution in [0.1, 0.15) is 13.8 Å². The van der Waals surface area contributed by atoms with Crippen molar-refractivity contribution < 1.29 is 4.79 Å². The van der Waals surface area contributed by atoms with Gasteiger partial charge in [0.1, 0.15) is 0 Å². The third-order valence-electron chi connectivity index (χ3n) is 1.76. The van der Waals surface area contributed by atoms with Crippen molar-refractivity contribution in [1.82, 2.24) is 9.80 Å². The Morgan fingerprint density at radius 1 is 1.08 bits per heavy atom. The molecule has 0 N–H and O–H groups in total. The molecule has 0 radical (unpaired) electrons. The number of nitrogens with zero attached hydrogens (tertiary/aromatic N) is 2. The second-order valence-electron chi connectivity index (χ2n) is 2.36. The van der Waals surface area contributed by atoms with E-state index < -0.39 is 0 Å². The molecule has 0 unspecified atom stereocenters. The van der Waals surface area contributed by atoms with Crippen molar-refractivity contribution in [2.75, 3.05) is 26.2 Å². The number of hydrogen-bond donors (Lipinski definition) is 0. The number of piperazine rings is 1. The molecular formula is C9H18N2O. The van der Waals surface area contributed by atoms with Crippen molar-refractivity contribution in [1.29, 1.82) is 0 Å². The van der Waals surface area contributed by atoms with Crippen molar-refractivity contribution in [3.63, 3.8) is 0 Å². The van der Waals surface area contributed by atoms with Crippen LogP contribution in [-0.4, -0.2) is 42.4 Å². The molecule has 1 amide bonds. The number of hydrogen-bond acceptors (Lipinski definition) is 2. The predicted octanol–water partition coefficient (Wildman–Crippen LogP) is 0.930. The van der Waals surface area contributed by atoms with Gasteiger partial charge in [0.25, 0.3) is 0 Å². The van der Waals surface area contributed by atoms with Gasteiger partial charge < -0.3 is 9.80 Å². The maximum Gasteiger partial charge on any atom is 0.209 e. The second kappa shape index (κ2) is 6.70. The van der Waals surface area contributed by atoms with Gasteiger partial charge in [-0.25, -0.2) is 0 Å². The van der Waals surface area contributed by atoms with Crippen LogP contribution in [0.4, 0.5) is 0 Å². The van der Waals surface area contributed by atoms with Gasteiger partial charge in [-0.2, -0.15) is 0 Å². The van der Waals surface area contributed by atoms with Crippen LogP contribution in [0, 0.1) is 0 Å². The highest BCUT2D eigenvalue weighted by atomic mass is 16.1. The molecule has 1 saturated heterocycles. The van der Waals surface area contributed by atoms with E-state index in [2.05, 4.69) is 11.5 Å². The van der Waals surface area contributed by atoms with Crippen molar-refractivity contribution in [2.24, 2.45) is 0 Å². The lowest BCUT2D eigenvalue weighted by molar-refractivity contribution is -0.119. The van der Waals surface area contributed by atoms with Crippen LogP contribution in [-0.2, 0) is 4.79 Å². The summed E-state index contributed by atoms with van der Waals surface area (Å²) in [6.07, 6.45) is 2.72. The van der Waals surface area contributed by atoms with E-state index in [1.54, 1.807) is 4.90 Å². The van der Waals surface area contributed by atoms with Crippen LogP contribution in [0.15, 0.2) is 12.8 Å². The maximum absolute atomic E-state index is 10.2. The van der Waals surface area contributed by atoms with Gasteiger partial charge in [0, 0.05) is 26.2 Å². The highest BCUT2D eigenvalue weighted by Crippen LogP contribution is 1.97. The van der Waals surface area contributed by atoms with Crippen LogP contribution < -0.4 is 0 Å². The summed E-state index contributed by atoms with van der Waals surface area (Å²) in [5.41, 5.74) is 0. The summed E-state index contributed by atoms with van der Waals surface area (Å²) in [5.74, 6) is 0. The molecule has 3 heteroatoms. The summed E-state index contributed by atoms with van der Waals surface area (Å²) in [4.78, 5) is 14.1. The van der Waals surface area contributed by atoms with Crippen LogP contribution in [0.3, 0.4) is 0 Å². The average Bonchev–Trinajstić information content (AvgIpc) is 2.21. The lowest BCUT2D eigenvalue weighted by atomic mass is 10.3. The third-order valence-corrected chi connectivity index (χ3v) is 1.76. The first-order valence-corrected chi connectivity index (χ1v) is 4.43. The molecule has 70 valence electrons. The van der Waals surface area contributed by atoms with Crippen LogP contribution in [0.2, 0.25) is 0 Å². The van der Waals surface area contributed by atoms with Gasteiger partial charge in [-0.15, -0.1) is 0 Å². The zero-order valence-corrected chi connectivity index (χ0v) is 7.99. The van der Waals surface area contributed by atoms with E-state index in [0.29, 0.717) is 0 Å². The molecule has 0 aromatic rings. The van der Waals surface area contributed by atoms with Crippen molar-refractivity contribution in [2.45, 2.75) is 13.8 Å². The number of carbonyl (C=O) groups is 1. The van der Waals surface area contributed by atoms with E-state index in [4.69, 9.17) is 0 Å². The van der Waals surface area contributed by atoms with Crippen molar-refractivity contribution in [3.8, 4) is 0 Å². The molecule has 0 atom stereocenters. The summed E-state index contributed by atoms with van der Waals surface area (Å²) in [5, 5.41) is 0. The molecule has 0 aromatic heterocycles. The monoisotopic (exact) mass is 170 g/mol. The predicted molar refractivity (Wildman–Crippen MR) is 50.8 cm³/mol. The quantitative estimate of drug-likeness (QED) is 0.576. The second-order valence-corrected chi connectivity index (χ2v) is 2.36. The first-order chi connectivity index (χ1) is 5.86. The van der Waals surface area contributed by atoms with E-state index in [1.807, 2.05) is 20.0 Å². The molecule has 0 aromatic carbocycles. The smallest absolute Gasteiger partial charge is 0.209 e. The minimum absolute atomic E-state index is 0.829. The minimum Gasteiger partial charge on any atom is -0.374 e. The number of amides is 1. The fraction of sp³-hybridized carbons (Fsp3) is 0.667. The van der Waals surface area contributed by atoms with Crippen LogP contribution in [0.5, 0.6) is 0 Å². The Labute approximate surface area is 74.7 Å². The molecule has 0 spiro atoms. The highest BCUT2D eigenvalue weighted by Gasteiger charge is 2.10. The zero-order chi connectivity index (χ0) is 9.40. The first kappa shape index (κ1) is 11.0. The van der Waals surface area contributed by atoms with E-state index in [1.165, 1.54) is 0 Å². The molecule has 1 rings (SSSR count). The fourth-order valence-corrected chi connectivity index (χ4v) is 1.03. The van der Waals surface area contributed by atoms with Gasteiger partial charge in [0.05, 0.1) is 0 Å². The first-order valence-electron chi connectivity index (χ1n) is 4.43. The largest absolute Gasteiger partial charge is 0.374 e. The molecule has 12 heavy (non-hydrogen) atoms. The number of carbonyl (C=O) groups excluding carboxylic acids is 1. The molecule has 0 bridgehead atoms. The zero-order valence-electron chi connectivity index (χ0n) is 7.99. The fourth-order valence-electron chi connectivity index (χ4n) is 1.03. The van der Waals surface area contributed by atoms with Gasteiger partial charge in [0.2, 0.25) is 6.41 Å². The summed E-state index contributed by atoms with van der Waals surface area (Å²) >= 11 is 0. The highest BCUT2D eigenvalue weighted by molar-refractivity contribution is 5.47. The van der Waals surface area contributed by atoms with E-state index in [0.717, 1.165) is 32.6 Å². The molecule has 1 heterocycles. The summed E-state index contributed by atoms with van der Waals surface area (Å²) in [6.45, 7) is 11.1. The topological polar surface area (TPSA) is 23.6 Å². The van der Waals surface area contributed by atoms with E-state index in [9.17, 15) is 4.79 Å². The molecule has 1 aliphatic heterocycles. The molecule has 0 saturated carbocycles. The van der Waals surface area contributed by atoms with Crippen LogP contribution in [0.25, 0.3) is 0 Å². The van der Waals surface area contributed by atoms with Crippen molar-refractivity contribution in [3.05, 3.63) is 12.8 Å². The number of rotatable bonds is 2. The Morgan fingerprint density at radius 3 is 1.83 bits per heavy atom. The molecule has 0 aliphatic carbocycles. The molecule has 1 fully saturated rings. The van der Waals surface area contributed by atoms with Gasteiger partial charge >= 0.3 is 0 Å². The van der Waals surface area contributed by atoms with Gasteiger partial charge in [0.15, 0.2) is 0 Å². The third kappa shape index (κ3) is 3.42. The molecule has 3 nitrogen and oxygen atoms in total. The van der Waals surface area contributed by atoms with Gasteiger partial charge in [-0.1, -0.05) is 20.4 Å². The Balaban J connectivity index is 0.000000561. The van der Waals surface area contributed by atoms with E-state index in [-0.39, 0.29) is 0 Å². The lowest BCUT2D eigenvalue weighted by Crippen LogP contribution is -2.42. The maximum atomic E-state index is 10.2. The van der Waals surface area contributed by atoms with Gasteiger partial charge in [-0.3, -0.25) is 4.79 Å². The SMILES string of the molecule is C=CN1CCN(C=O)CC1.CC. The molecule has 1 aliphatic rings. The summed E-state index contributed by atoms with van der Waals surface area (Å²) < 4.78 is 0.